The highest BCUT2D eigenvalue weighted by Gasteiger charge is 2.10. The molecule has 0 aliphatic carbocycles. The van der Waals surface area contributed by atoms with Gasteiger partial charge < -0.3 is 9.73 Å². The molecule has 1 N–H and O–H groups in total. The zero-order valence-electron chi connectivity index (χ0n) is 12.1. The highest BCUT2D eigenvalue weighted by molar-refractivity contribution is 5.21. The van der Waals surface area contributed by atoms with Gasteiger partial charge in [-0.25, -0.2) is 0 Å². The first-order valence-corrected chi connectivity index (χ1v) is 6.47. The SMILES string of the molecule is CNCc1cc(CN(C)Cc2cnn(C)c2)c(C)o1. The van der Waals surface area contributed by atoms with Crippen LogP contribution in [0.2, 0.25) is 0 Å². The van der Waals surface area contributed by atoms with Crippen LogP contribution in [0.25, 0.3) is 0 Å². The zero-order chi connectivity index (χ0) is 13.8. The van der Waals surface area contributed by atoms with Crippen LogP contribution in [0.15, 0.2) is 22.9 Å². The van der Waals surface area contributed by atoms with Gasteiger partial charge in [-0.1, -0.05) is 0 Å². The molecule has 104 valence electrons. The molecule has 0 fully saturated rings. The Balaban J connectivity index is 1.96. The highest BCUT2D eigenvalue weighted by Crippen LogP contribution is 2.17. The van der Waals surface area contributed by atoms with Gasteiger partial charge in [0.25, 0.3) is 0 Å². The molecular weight excluding hydrogens is 240 g/mol. The number of aryl methyl sites for hydroxylation is 2. The first kappa shape index (κ1) is 13.8. The van der Waals surface area contributed by atoms with Crippen molar-refractivity contribution in [1.82, 2.24) is 20.0 Å². The maximum absolute atomic E-state index is 5.70. The van der Waals surface area contributed by atoms with Gasteiger partial charge in [-0.2, -0.15) is 5.10 Å². The van der Waals surface area contributed by atoms with Gasteiger partial charge >= 0.3 is 0 Å². The van der Waals surface area contributed by atoms with E-state index >= 15 is 0 Å². The standard InChI is InChI=1S/C14H22N4O/c1-11-13(5-14(19-11)7-15-2)10-17(3)8-12-6-16-18(4)9-12/h5-6,9,15H,7-8,10H2,1-4H3. The summed E-state index contributed by atoms with van der Waals surface area (Å²) in [5.41, 5.74) is 2.47. The minimum atomic E-state index is 0.771. The van der Waals surface area contributed by atoms with Crippen LogP contribution in [0.3, 0.4) is 0 Å². The summed E-state index contributed by atoms with van der Waals surface area (Å²) in [4.78, 5) is 2.26. The molecule has 0 amide bonds. The number of hydrogen-bond acceptors (Lipinski definition) is 4. The maximum Gasteiger partial charge on any atom is 0.118 e. The molecule has 0 bridgehead atoms. The fourth-order valence-electron chi connectivity index (χ4n) is 2.22. The van der Waals surface area contributed by atoms with Crippen molar-refractivity contribution < 1.29 is 4.42 Å². The molecule has 5 nitrogen and oxygen atoms in total. The quantitative estimate of drug-likeness (QED) is 0.860. The van der Waals surface area contributed by atoms with Crippen molar-refractivity contribution in [3.8, 4) is 0 Å². The zero-order valence-corrected chi connectivity index (χ0v) is 12.1. The lowest BCUT2D eigenvalue weighted by Crippen LogP contribution is -2.17. The fraction of sp³-hybridized carbons (Fsp3) is 0.500. The first-order chi connectivity index (χ1) is 9.08. The molecule has 2 heterocycles. The summed E-state index contributed by atoms with van der Waals surface area (Å²) in [5.74, 6) is 1.99. The van der Waals surface area contributed by atoms with Crippen LogP contribution in [0.1, 0.15) is 22.6 Å². The van der Waals surface area contributed by atoms with Gasteiger partial charge in [0.1, 0.15) is 11.5 Å². The summed E-state index contributed by atoms with van der Waals surface area (Å²) < 4.78 is 7.54. The predicted octanol–water partition coefficient (Wildman–Crippen LogP) is 1.67. The molecule has 0 aliphatic heterocycles. The highest BCUT2D eigenvalue weighted by atomic mass is 16.3. The molecule has 0 radical (unpaired) electrons. The minimum Gasteiger partial charge on any atom is -0.465 e. The molecule has 2 rings (SSSR count). The Morgan fingerprint density at radius 3 is 2.84 bits per heavy atom. The number of aromatic nitrogens is 2. The topological polar surface area (TPSA) is 46.2 Å². The Hall–Kier alpha value is -1.59. The van der Waals surface area contributed by atoms with Crippen molar-refractivity contribution in [3.63, 3.8) is 0 Å². The van der Waals surface area contributed by atoms with E-state index in [1.54, 1.807) is 0 Å². The summed E-state index contributed by atoms with van der Waals surface area (Å²) in [7, 11) is 5.97. The average molecular weight is 262 g/mol. The number of hydrogen-bond donors (Lipinski definition) is 1. The summed E-state index contributed by atoms with van der Waals surface area (Å²) in [5, 5.41) is 7.29. The lowest BCUT2D eigenvalue weighted by molar-refractivity contribution is 0.316. The van der Waals surface area contributed by atoms with E-state index in [0.717, 1.165) is 31.2 Å². The largest absolute Gasteiger partial charge is 0.465 e. The van der Waals surface area contributed by atoms with Gasteiger partial charge in [0, 0.05) is 37.5 Å². The van der Waals surface area contributed by atoms with Crippen LogP contribution in [-0.4, -0.2) is 28.8 Å². The fourth-order valence-corrected chi connectivity index (χ4v) is 2.22. The van der Waals surface area contributed by atoms with Gasteiger partial charge in [-0.05, 0) is 27.1 Å². The van der Waals surface area contributed by atoms with Crippen molar-refractivity contribution in [2.75, 3.05) is 14.1 Å². The molecule has 5 heteroatoms. The molecule has 0 unspecified atom stereocenters. The summed E-state index contributed by atoms with van der Waals surface area (Å²) in [6, 6.07) is 2.13. The molecule has 0 aliphatic rings. The summed E-state index contributed by atoms with van der Waals surface area (Å²) in [6.45, 7) is 4.56. The van der Waals surface area contributed by atoms with Crippen LogP contribution in [0.4, 0.5) is 0 Å². The van der Waals surface area contributed by atoms with Crippen LogP contribution in [0.5, 0.6) is 0 Å². The molecule has 0 saturated heterocycles. The van der Waals surface area contributed by atoms with E-state index in [0.29, 0.717) is 0 Å². The second-order valence-electron chi connectivity index (χ2n) is 5.02. The molecule has 2 aromatic heterocycles. The van der Waals surface area contributed by atoms with Crippen LogP contribution in [-0.2, 0) is 26.7 Å². The van der Waals surface area contributed by atoms with E-state index in [1.807, 2.05) is 38.1 Å². The van der Waals surface area contributed by atoms with Gasteiger partial charge in [-0.15, -0.1) is 0 Å². The van der Waals surface area contributed by atoms with E-state index in [-0.39, 0.29) is 0 Å². The van der Waals surface area contributed by atoms with E-state index in [2.05, 4.69) is 28.4 Å². The molecule has 0 spiro atoms. The van der Waals surface area contributed by atoms with Crippen molar-refractivity contribution in [1.29, 1.82) is 0 Å². The minimum absolute atomic E-state index is 0.771. The molecule has 2 aromatic rings. The van der Waals surface area contributed by atoms with Crippen molar-refractivity contribution in [2.45, 2.75) is 26.6 Å². The van der Waals surface area contributed by atoms with Crippen molar-refractivity contribution >= 4 is 0 Å². The molecule has 0 aromatic carbocycles. The van der Waals surface area contributed by atoms with Crippen LogP contribution < -0.4 is 5.32 Å². The molecule has 0 atom stereocenters. The van der Waals surface area contributed by atoms with Crippen LogP contribution >= 0.6 is 0 Å². The van der Waals surface area contributed by atoms with Gasteiger partial charge in [0.15, 0.2) is 0 Å². The van der Waals surface area contributed by atoms with Crippen molar-refractivity contribution in [3.05, 3.63) is 41.1 Å². The normalized spacial score (nSPS) is 11.4. The monoisotopic (exact) mass is 262 g/mol. The van der Waals surface area contributed by atoms with E-state index < -0.39 is 0 Å². The van der Waals surface area contributed by atoms with Gasteiger partial charge in [0.2, 0.25) is 0 Å². The third kappa shape index (κ3) is 3.68. The van der Waals surface area contributed by atoms with Gasteiger partial charge in [0.05, 0.1) is 12.7 Å². The Morgan fingerprint density at radius 1 is 1.42 bits per heavy atom. The number of nitrogens with one attached hydrogen (secondary N) is 1. The number of nitrogens with zero attached hydrogens (tertiary/aromatic N) is 3. The maximum atomic E-state index is 5.70. The van der Waals surface area contributed by atoms with Crippen molar-refractivity contribution in [2.24, 2.45) is 7.05 Å². The smallest absolute Gasteiger partial charge is 0.118 e. The predicted molar refractivity (Wildman–Crippen MR) is 74.6 cm³/mol. The number of furan rings is 1. The second kappa shape index (κ2) is 6.04. The third-order valence-electron chi connectivity index (χ3n) is 3.07. The number of rotatable bonds is 6. The first-order valence-electron chi connectivity index (χ1n) is 6.47. The molecular formula is C14H22N4O. The summed E-state index contributed by atoms with van der Waals surface area (Å²) in [6.07, 6.45) is 3.95. The Labute approximate surface area is 114 Å². The Morgan fingerprint density at radius 2 is 2.21 bits per heavy atom. The van der Waals surface area contributed by atoms with Gasteiger partial charge in [-0.3, -0.25) is 9.58 Å². The average Bonchev–Trinajstić information content (AvgIpc) is 2.87. The van der Waals surface area contributed by atoms with E-state index in [9.17, 15) is 0 Å². The van der Waals surface area contributed by atoms with E-state index in [1.165, 1.54) is 11.1 Å². The molecule has 19 heavy (non-hydrogen) atoms. The Bertz CT molecular complexity index is 529. The summed E-state index contributed by atoms with van der Waals surface area (Å²) >= 11 is 0. The third-order valence-corrected chi connectivity index (χ3v) is 3.07. The Kier molecular flexibility index (Phi) is 4.39. The lowest BCUT2D eigenvalue weighted by Gasteiger charge is -2.14. The lowest BCUT2D eigenvalue weighted by atomic mass is 10.2. The van der Waals surface area contributed by atoms with Crippen LogP contribution in [0, 0.1) is 6.92 Å². The molecule has 0 saturated carbocycles. The van der Waals surface area contributed by atoms with E-state index in [4.69, 9.17) is 4.42 Å². The second-order valence-corrected chi connectivity index (χ2v) is 5.02.